The zero-order valence-corrected chi connectivity index (χ0v) is 16.6. The summed E-state index contributed by atoms with van der Waals surface area (Å²) in [6.45, 7) is 2.42. The van der Waals surface area contributed by atoms with Crippen molar-refractivity contribution in [2.45, 2.75) is 31.6 Å². The van der Waals surface area contributed by atoms with Crippen LogP contribution in [-0.2, 0) is 9.59 Å². The summed E-state index contributed by atoms with van der Waals surface area (Å²) in [6.07, 6.45) is 6.64. The van der Waals surface area contributed by atoms with Crippen LogP contribution >= 0.6 is 0 Å². The predicted molar refractivity (Wildman–Crippen MR) is 110 cm³/mol. The van der Waals surface area contributed by atoms with E-state index in [0.29, 0.717) is 31.8 Å². The van der Waals surface area contributed by atoms with Crippen molar-refractivity contribution in [3.63, 3.8) is 0 Å². The van der Waals surface area contributed by atoms with Crippen LogP contribution in [0.1, 0.15) is 31.2 Å². The summed E-state index contributed by atoms with van der Waals surface area (Å²) >= 11 is 0. The van der Waals surface area contributed by atoms with Gasteiger partial charge in [-0.2, -0.15) is 0 Å². The molecular formula is C21H25F2N5O2. The van der Waals surface area contributed by atoms with Gasteiger partial charge in [0.25, 0.3) is 0 Å². The molecule has 2 aromatic heterocycles. The van der Waals surface area contributed by atoms with Crippen molar-refractivity contribution in [1.82, 2.24) is 14.9 Å². The monoisotopic (exact) mass is 417 g/mol. The number of hydrogen-bond acceptors (Lipinski definition) is 4. The smallest absolute Gasteiger partial charge is 0.248 e. The van der Waals surface area contributed by atoms with E-state index in [-0.39, 0.29) is 37.5 Å². The number of carbonyl (C=O) groups excluding carboxylic acids is 2. The van der Waals surface area contributed by atoms with E-state index < -0.39 is 11.8 Å². The van der Waals surface area contributed by atoms with Crippen LogP contribution in [0.25, 0.3) is 17.1 Å². The highest BCUT2D eigenvalue weighted by Crippen LogP contribution is 2.37. The number of alkyl halides is 2. The van der Waals surface area contributed by atoms with Crippen molar-refractivity contribution in [1.29, 1.82) is 0 Å². The summed E-state index contributed by atoms with van der Waals surface area (Å²) in [5, 5.41) is 0.881. The fourth-order valence-electron chi connectivity index (χ4n) is 4.23. The van der Waals surface area contributed by atoms with Gasteiger partial charge in [-0.3, -0.25) is 9.59 Å². The molecule has 2 aliphatic rings. The Hall–Kier alpha value is -2.97. The minimum atomic E-state index is -2.62. The zero-order chi connectivity index (χ0) is 21.3. The van der Waals surface area contributed by atoms with Crippen LogP contribution in [0.15, 0.2) is 24.5 Å². The van der Waals surface area contributed by atoms with E-state index in [4.69, 9.17) is 5.73 Å². The number of pyridine rings is 1. The number of H-pyrrole nitrogens is 1. The summed E-state index contributed by atoms with van der Waals surface area (Å²) < 4.78 is 26.7. The maximum atomic E-state index is 13.4. The summed E-state index contributed by atoms with van der Waals surface area (Å²) in [6, 6.07) is 2.00. The lowest BCUT2D eigenvalue weighted by Crippen LogP contribution is -2.51. The molecule has 4 rings (SSSR count). The first-order chi connectivity index (χ1) is 14.3. The van der Waals surface area contributed by atoms with E-state index in [1.807, 2.05) is 6.07 Å². The molecule has 0 spiro atoms. The van der Waals surface area contributed by atoms with Gasteiger partial charge in [0.05, 0.1) is 11.9 Å². The molecule has 1 aliphatic heterocycles. The lowest BCUT2D eigenvalue weighted by atomic mass is 9.86. The molecular weight excluding hydrogens is 392 g/mol. The number of halogens is 2. The Bertz CT molecular complexity index is 969. The van der Waals surface area contributed by atoms with Crippen LogP contribution in [-0.4, -0.2) is 58.8 Å². The molecule has 7 nitrogen and oxygen atoms in total. The molecule has 2 amide bonds. The predicted octanol–water partition coefficient (Wildman–Crippen LogP) is 2.54. The fourth-order valence-corrected chi connectivity index (χ4v) is 4.23. The van der Waals surface area contributed by atoms with E-state index in [9.17, 15) is 18.4 Å². The van der Waals surface area contributed by atoms with Gasteiger partial charge in [-0.05, 0) is 25.0 Å². The average molecular weight is 417 g/mol. The quantitative estimate of drug-likeness (QED) is 0.748. The number of nitrogens with zero attached hydrogens (tertiary/aromatic N) is 3. The van der Waals surface area contributed by atoms with Crippen molar-refractivity contribution in [3.05, 3.63) is 30.1 Å². The maximum Gasteiger partial charge on any atom is 0.248 e. The lowest BCUT2D eigenvalue weighted by molar-refractivity contribution is -0.140. The van der Waals surface area contributed by atoms with Crippen LogP contribution in [0, 0.1) is 5.92 Å². The number of aromatic nitrogens is 2. The summed E-state index contributed by atoms with van der Waals surface area (Å²) in [4.78, 5) is 35.2. The van der Waals surface area contributed by atoms with Crippen molar-refractivity contribution < 1.29 is 18.4 Å². The van der Waals surface area contributed by atoms with Gasteiger partial charge < -0.3 is 20.5 Å². The molecule has 0 unspecified atom stereocenters. The molecule has 2 aromatic rings. The zero-order valence-electron chi connectivity index (χ0n) is 16.6. The van der Waals surface area contributed by atoms with Crippen LogP contribution < -0.4 is 10.6 Å². The van der Waals surface area contributed by atoms with Gasteiger partial charge in [-0.1, -0.05) is 0 Å². The second-order valence-corrected chi connectivity index (χ2v) is 8.01. The maximum absolute atomic E-state index is 13.4. The normalized spacial score (nSPS) is 20.2. The fraction of sp³-hybridized carbons (Fsp3) is 0.476. The van der Waals surface area contributed by atoms with E-state index in [2.05, 4.69) is 14.9 Å². The number of anilines is 1. The Balaban J connectivity index is 1.40. The topological polar surface area (TPSA) is 95.3 Å². The van der Waals surface area contributed by atoms with Crippen LogP contribution in [0.3, 0.4) is 0 Å². The van der Waals surface area contributed by atoms with E-state index in [1.165, 1.54) is 6.08 Å². The van der Waals surface area contributed by atoms with Gasteiger partial charge in [0, 0.05) is 68.2 Å². The van der Waals surface area contributed by atoms with Crippen molar-refractivity contribution in [2.75, 3.05) is 31.1 Å². The number of amides is 2. The van der Waals surface area contributed by atoms with Crippen molar-refractivity contribution >= 4 is 34.6 Å². The molecule has 3 N–H and O–H groups in total. The number of aromatic amines is 1. The molecule has 30 heavy (non-hydrogen) atoms. The highest BCUT2D eigenvalue weighted by Gasteiger charge is 2.39. The number of carbonyl (C=O) groups is 2. The molecule has 1 saturated carbocycles. The molecule has 0 aromatic carbocycles. The first-order valence-corrected chi connectivity index (χ1v) is 10.2. The third-order valence-corrected chi connectivity index (χ3v) is 6.00. The van der Waals surface area contributed by atoms with E-state index >= 15 is 0 Å². The second-order valence-electron chi connectivity index (χ2n) is 8.01. The minimum Gasteiger partial charge on any atom is -0.367 e. The Morgan fingerprint density at radius 3 is 2.57 bits per heavy atom. The van der Waals surface area contributed by atoms with Gasteiger partial charge in [0.15, 0.2) is 0 Å². The first kappa shape index (κ1) is 20.3. The Kier molecular flexibility index (Phi) is 5.44. The van der Waals surface area contributed by atoms with E-state index in [1.54, 1.807) is 23.4 Å². The molecule has 0 bridgehead atoms. The van der Waals surface area contributed by atoms with Crippen molar-refractivity contribution in [3.8, 4) is 0 Å². The molecule has 3 heterocycles. The Labute approximate surface area is 172 Å². The number of piperazine rings is 1. The number of nitrogens with one attached hydrogen (secondary N) is 1. The average Bonchev–Trinajstić information content (AvgIpc) is 3.14. The molecule has 2 fully saturated rings. The highest BCUT2D eigenvalue weighted by molar-refractivity contribution is 5.95. The molecule has 1 aliphatic carbocycles. The molecule has 0 radical (unpaired) electrons. The Morgan fingerprint density at radius 2 is 1.90 bits per heavy atom. The first-order valence-electron chi connectivity index (χ1n) is 10.2. The molecule has 0 atom stereocenters. The number of fused-ring (bicyclic) bond motifs is 1. The van der Waals surface area contributed by atoms with Gasteiger partial charge in [-0.15, -0.1) is 0 Å². The van der Waals surface area contributed by atoms with Gasteiger partial charge >= 0.3 is 0 Å². The SMILES string of the molecule is NC(=O)C=Cc1c[nH]c2ncc(N3CCN(C(=O)C4CCC(F)(F)CC4)CC3)cc12. The third kappa shape index (κ3) is 4.29. The number of primary amides is 1. The summed E-state index contributed by atoms with van der Waals surface area (Å²) in [7, 11) is 0. The highest BCUT2D eigenvalue weighted by atomic mass is 19.3. The summed E-state index contributed by atoms with van der Waals surface area (Å²) in [5.74, 6) is -3.42. The van der Waals surface area contributed by atoms with Crippen LogP contribution in [0.4, 0.5) is 14.5 Å². The van der Waals surface area contributed by atoms with Crippen LogP contribution in [0.5, 0.6) is 0 Å². The minimum absolute atomic E-state index is 0.00300. The van der Waals surface area contributed by atoms with Crippen molar-refractivity contribution in [2.24, 2.45) is 11.7 Å². The second kappa shape index (κ2) is 8.04. The molecule has 160 valence electrons. The number of rotatable bonds is 4. The lowest BCUT2D eigenvalue weighted by Gasteiger charge is -2.38. The Morgan fingerprint density at radius 1 is 1.20 bits per heavy atom. The third-order valence-electron chi connectivity index (χ3n) is 6.00. The largest absolute Gasteiger partial charge is 0.367 e. The molecule has 9 heteroatoms. The summed E-state index contributed by atoms with van der Waals surface area (Å²) in [5.41, 5.74) is 7.64. The number of hydrogen-bond donors (Lipinski definition) is 2. The molecule has 1 saturated heterocycles. The van der Waals surface area contributed by atoms with Gasteiger partial charge in [0.2, 0.25) is 17.7 Å². The van der Waals surface area contributed by atoms with Crippen LogP contribution in [0.2, 0.25) is 0 Å². The standard InChI is InChI=1S/C21H25F2N5O2/c22-21(23)5-3-14(4-6-21)20(30)28-9-7-27(8-10-28)16-11-17-15(1-2-18(24)29)12-25-19(17)26-13-16/h1-2,11-14H,3-10H2,(H2,24,29)(H,25,26). The van der Waals surface area contributed by atoms with Gasteiger partial charge in [0.1, 0.15) is 5.65 Å². The van der Waals surface area contributed by atoms with E-state index in [0.717, 1.165) is 16.6 Å². The number of nitrogens with two attached hydrogens (primary N) is 1. The van der Waals surface area contributed by atoms with Gasteiger partial charge in [-0.25, -0.2) is 13.8 Å².